The van der Waals surface area contributed by atoms with Crippen molar-refractivity contribution >= 4 is 22.7 Å². The maximum atomic E-state index is 6.26. The monoisotopic (exact) mass is 708 g/mol. The summed E-state index contributed by atoms with van der Waals surface area (Å²) in [5.41, 5.74) is 16.8. The molecule has 1 atom stereocenters. The van der Waals surface area contributed by atoms with E-state index in [-0.39, 0.29) is 11.5 Å². The number of terminal acetylenes is 1. The molecule has 2 nitrogen and oxygen atoms in total. The summed E-state index contributed by atoms with van der Waals surface area (Å²) in [4.78, 5) is 2.57. The van der Waals surface area contributed by atoms with Gasteiger partial charge in [-0.05, 0) is 106 Å². The van der Waals surface area contributed by atoms with Gasteiger partial charge in [0.2, 0.25) is 0 Å². The van der Waals surface area contributed by atoms with Gasteiger partial charge in [-0.25, -0.2) is 0 Å². The maximum Gasteiger partial charge on any atom is 0.0621 e. The first-order valence-electron chi connectivity index (χ1n) is 19.3. The summed E-state index contributed by atoms with van der Waals surface area (Å²) in [6.07, 6.45) is 20.4. The lowest BCUT2D eigenvalue weighted by molar-refractivity contribution is 0.654. The average molecular weight is 709 g/mol. The smallest absolute Gasteiger partial charge is 0.0621 e. The van der Waals surface area contributed by atoms with Crippen molar-refractivity contribution in [3.63, 3.8) is 0 Å². The molecule has 1 heterocycles. The van der Waals surface area contributed by atoms with Crippen molar-refractivity contribution in [3.05, 3.63) is 198 Å². The summed E-state index contributed by atoms with van der Waals surface area (Å²) in [7, 11) is 0. The van der Waals surface area contributed by atoms with Crippen molar-refractivity contribution in [2.45, 2.75) is 45.2 Å². The molecule has 0 bridgehead atoms. The molecule has 7 aromatic rings. The molecule has 0 fully saturated rings. The van der Waals surface area contributed by atoms with E-state index in [1.807, 2.05) is 6.92 Å². The molecular formula is C53H44N2. The van der Waals surface area contributed by atoms with Gasteiger partial charge in [-0.3, -0.25) is 0 Å². The Morgan fingerprint density at radius 2 is 1.42 bits per heavy atom. The average Bonchev–Trinajstić information content (AvgIpc) is 3.67. The fraction of sp³-hybridized carbons (Fsp3) is 0.132. The van der Waals surface area contributed by atoms with E-state index in [9.17, 15) is 0 Å². The third-order valence-electron chi connectivity index (χ3n) is 11.6. The van der Waals surface area contributed by atoms with Crippen LogP contribution in [-0.4, -0.2) is 10.6 Å². The van der Waals surface area contributed by atoms with Gasteiger partial charge in [0, 0.05) is 28.7 Å². The Bertz CT molecular complexity index is 2680. The van der Waals surface area contributed by atoms with Gasteiger partial charge in [0.05, 0.1) is 22.8 Å². The van der Waals surface area contributed by atoms with Crippen molar-refractivity contribution in [2.75, 3.05) is 4.90 Å². The molecular weight excluding hydrogens is 665 g/mol. The summed E-state index contributed by atoms with van der Waals surface area (Å²) in [5, 5.41) is 1.08. The second kappa shape index (κ2) is 14.0. The number of aromatic nitrogens is 1. The predicted molar refractivity (Wildman–Crippen MR) is 234 cm³/mol. The van der Waals surface area contributed by atoms with Gasteiger partial charge in [-0.15, -0.1) is 6.42 Å². The summed E-state index contributed by atoms with van der Waals surface area (Å²) in [6.45, 7) is 7.57. The highest BCUT2D eigenvalue weighted by Gasteiger charge is 2.35. The van der Waals surface area contributed by atoms with Gasteiger partial charge in [-0.1, -0.05) is 153 Å². The number of nitrogens with zero attached hydrogens (tertiary/aromatic N) is 2. The molecule has 1 aromatic heterocycles. The lowest BCUT2D eigenvalue weighted by Crippen LogP contribution is -2.34. The molecule has 2 aliphatic carbocycles. The fourth-order valence-electron chi connectivity index (χ4n) is 8.74. The number of benzene rings is 6. The van der Waals surface area contributed by atoms with Crippen LogP contribution in [0.2, 0.25) is 0 Å². The van der Waals surface area contributed by atoms with Crippen molar-refractivity contribution in [1.29, 1.82) is 0 Å². The molecule has 266 valence electrons. The van der Waals surface area contributed by atoms with Crippen LogP contribution in [0.5, 0.6) is 0 Å². The van der Waals surface area contributed by atoms with Gasteiger partial charge in [0.25, 0.3) is 0 Å². The van der Waals surface area contributed by atoms with Crippen LogP contribution in [0.15, 0.2) is 170 Å². The molecule has 2 aliphatic rings. The first-order chi connectivity index (χ1) is 26.9. The largest absolute Gasteiger partial charge is 0.360 e. The van der Waals surface area contributed by atoms with Crippen LogP contribution in [0.3, 0.4) is 0 Å². The highest BCUT2D eigenvalue weighted by atomic mass is 15.2. The van der Waals surface area contributed by atoms with Gasteiger partial charge in [-0.2, -0.15) is 0 Å². The molecule has 2 heteroatoms. The normalized spacial score (nSPS) is 15.3. The van der Waals surface area contributed by atoms with E-state index >= 15 is 0 Å². The standard InChI is InChI=1S/C53H44N2/c1-5-15-51-45(6-2)48-34-41(28-33-52(48)55(51)43-29-26-39(27-30-43)38-16-9-7-10-17-38)40-24-22-37(23-25-40)36-54(42-18-11-8-12-19-42)44-31-32-47-46-20-13-14-21-49(46)53(3,4)50(47)35-44/h2,5,7-18,20-35,42H,19,36H2,1,3-4H3/b15-5-. The van der Waals surface area contributed by atoms with Gasteiger partial charge in [0.15, 0.2) is 0 Å². The Labute approximate surface area is 325 Å². The van der Waals surface area contributed by atoms with E-state index in [1.54, 1.807) is 0 Å². The van der Waals surface area contributed by atoms with Gasteiger partial charge >= 0.3 is 0 Å². The van der Waals surface area contributed by atoms with Crippen LogP contribution < -0.4 is 4.90 Å². The molecule has 0 saturated heterocycles. The molecule has 6 aromatic carbocycles. The number of anilines is 1. The minimum Gasteiger partial charge on any atom is -0.360 e. The third-order valence-corrected chi connectivity index (χ3v) is 11.6. The van der Waals surface area contributed by atoms with Crippen LogP contribution in [-0.2, 0) is 12.0 Å². The lowest BCUT2D eigenvalue weighted by atomic mass is 9.82. The zero-order valence-electron chi connectivity index (χ0n) is 31.7. The summed E-state index contributed by atoms with van der Waals surface area (Å²) in [5.74, 6) is 3.04. The van der Waals surface area contributed by atoms with E-state index in [0.29, 0.717) is 0 Å². The summed E-state index contributed by atoms with van der Waals surface area (Å²) >= 11 is 0. The molecule has 0 aliphatic heterocycles. The molecule has 0 saturated carbocycles. The minimum atomic E-state index is -0.0421. The number of hydrogen-bond acceptors (Lipinski definition) is 1. The van der Waals surface area contributed by atoms with E-state index in [1.165, 1.54) is 50.2 Å². The Kier molecular flexibility index (Phi) is 8.72. The van der Waals surface area contributed by atoms with Crippen LogP contribution in [0, 0.1) is 12.3 Å². The summed E-state index contributed by atoms with van der Waals surface area (Å²) < 4.78 is 2.29. The molecule has 9 rings (SSSR count). The van der Waals surface area contributed by atoms with Crippen LogP contribution in [0.4, 0.5) is 5.69 Å². The molecule has 55 heavy (non-hydrogen) atoms. The Morgan fingerprint density at radius 3 is 2.16 bits per heavy atom. The van der Waals surface area contributed by atoms with Crippen molar-refractivity contribution in [1.82, 2.24) is 4.57 Å². The number of fused-ring (bicyclic) bond motifs is 4. The molecule has 0 N–H and O–H groups in total. The van der Waals surface area contributed by atoms with Gasteiger partial charge < -0.3 is 9.47 Å². The van der Waals surface area contributed by atoms with Crippen LogP contribution in [0.1, 0.15) is 55.1 Å². The highest BCUT2D eigenvalue weighted by Crippen LogP contribution is 2.49. The number of rotatable bonds is 8. The quantitative estimate of drug-likeness (QED) is 0.143. The van der Waals surface area contributed by atoms with Crippen molar-refractivity contribution < 1.29 is 0 Å². The third kappa shape index (κ3) is 6.03. The Hall–Kier alpha value is -6.56. The highest BCUT2D eigenvalue weighted by molar-refractivity contribution is 5.96. The molecule has 0 amide bonds. The first-order valence-corrected chi connectivity index (χ1v) is 19.3. The topological polar surface area (TPSA) is 8.17 Å². The van der Waals surface area contributed by atoms with E-state index < -0.39 is 0 Å². The molecule has 0 radical (unpaired) electrons. The van der Waals surface area contributed by atoms with Crippen LogP contribution >= 0.6 is 0 Å². The molecule has 0 spiro atoms. The minimum absolute atomic E-state index is 0.0421. The second-order valence-electron chi connectivity index (χ2n) is 15.2. The Balaban J connectivity index is 1.04. The zero-order chi connectivity index (χ0) is 37.5. The van der Waals surface area contributed by atoms with E-state index in [4.69, 9.17) is 6.42 Å². The molecule has 1 unspecified atom stereocenters. The van der Waals surface area contributed by atoms with Crippen LogP contribution in [0.25, 0.3) is 56.0 Å². The van der Waals surface area contributed by atoms with Crippen molar-refractivity contribution in [2.24, 2.45) is 0 Å². The van der Waals surface area contributed by atoms with Gasteiger partial charge in [0.1, 0.15) is 0 Å². The maximum absolute atomic E-state index is 6.26. The predicted octanol–water partition coefficient (Wildman–Crippen LogP) is 13.2. The van der Waals surface area contributed by atoms with Crippen molar-refractivity contribution in [3.8, 4) is 51.4 Å². The van der Waals surface area contributed by atoms with E-state index in [0.717, 1.165) is 46.4 Å². The number of allylic oxidation sites excluding steroid dienone is 3. The number of hydrogen-bond donors (Lipinski definition) is 0. The Morgan fingerprint density at radius 1 is 0.727 bits per heavy atom. The SMILES string of the molecule is C#Cc1c(/C=C\C)n(-c2ccc(-c3ccccc3)cc2)c2ccc(-c3ccc(CN(c4ccc5c(c4)C(C)(C)c4ccccc4-5)C4C=CC=CC4)cc3)cc12. The lowest BCUT2D eigenvalue weighted by Gasteiger charge is -2.34. The fourth-order valence-corrected chi connectivity index (χ4v) is 8.74. The van der Waals surface area contributed by atoms with E-state index in [2.05, 4.69) is 205 Å². The zero-order valence-corrected chi connectivity index (χ0v) is 31.7. The second-order valence-corrected chi connectivity index (χ2v) is 15.2. The first kappa shape index (κ1) is 34.2. The summed E-state index contributed by atoms with van der Waals surface area (Å²) in [6, 6.07) is 51.3.